The molecule has 0 aromatic carbocycles. The van der Waals surface area contributed by atoms with Gasteiger partial charge in [-0.25, -0.2) is 4.98 Å². The fourth-order valence-electron chi connectivity index (χ4n) is 2.34. The maximum atomic E-state index is 5.76. The van der Waals surface area contributed by atoms with Crippen LogP contribution in [0.3, 0.4) is 0 Å². The molecule has 0 aliphatic heterocycles. The largest absolute Gasteiger partial charge is 0.384 e. The lowest BCUT2D eigenvalue weighted by atomic mass is 9.97. The highest BCUT2D eigenvalue weighted by atomic mass is 14.9. The summed E-state index contributed by atoms with van der Waals surface area (Å²) in [4.78, 5) is 8.22. The predicted molar refractivity (Wildman–Crippen MR) is 82.4 cm³/mol. The van der Waals surface area contributed by atoms with Gasteiger partial charge in [0.25, 0.3) is 0 Å². The van der Waals surface area contributed by atoms with Gasteiger partial charge in [0.1, 0.15) is 5.82 Å². The van der Waals surface area contributed by atoms with Gasteiger partial charge in [0.15, 0.2) is 0 Å². The maximum absolute atomic E-state index is 5.76. The molecule has 2 aromatic heterocycles. The van der Waals surface area contributed by atoms with E-state index >= 15 is 0 Å². The first kappa shape index (κ1) is 14.5. The Labute approximate surface area is 120 Å². The average molecular weight is 270 g/mol. The Morgan fingerprint density at radius 3 is 2.85 bits per heavy atom. The summed E-state index contributed by atoms with van der Waals surface area (Å²) in [6, 6.07) is 6.33. The van der Waals surface area contributed by atoms with Crippen molar-refractivity contribution in [2.45, 2.75) is 32.7 Å². The molecular formula is C16H22N4. The zero-order chi connectivity index (χ0) is 14.4. The van der Waals surface area contributed by atoms with E-state index in [1.54, 1.807) is 6.20 Å². The molecule has 0 saturated heterocycles. The molecule has 20 heavy (non-hydrogen) atoms. The van der Waals surface area contributed by atoms with Crippen LogP contribution in [0.1, 0.15) is 36.1 Å². The van der Waals surface area contributed by atoms with Crippen molar-refractivity contribution < 1.29 is 0 Å². The molecule has 0 aliphatic rings. The van der Waals surface area contributed by atoms with Gasteiger partial charge in [-0.05, 0) is 61.2 Å². The second kappa shape index (κ2) is 7.01. The van der Waals surface area contributed by atoms with Crippen molar-refractivity contribution >= 4 is 5.82 Å². The Kier molecular flexibility index (Phi) is 5.07. The average Bonchev–Trinajstić information content (AvgIpc) is 2.44. The topological polar surface area (TPSA) is 63.8 Å². The summed E-state index contributed by atoms with van der Waals surface area (Å²) in [5.74, 6) is 0.572. The zero-order valence-electron chi connectivity index (χ0n) is 12.1. The van der Waals surface area contributed by atoms with Crippen molar-refractivity contribution in [3.05, 3.63) is 53.5 Å². The van der Waals surface area contributed by atoms with Gasteiger partial charge in [0.05, 0.1) is 0 Å². The fourth-order valence-corrected chi connectivity index (χ4v) is 2.34. The molecule has 1 unspecified atom stereocenters. The van der Waals surface area contributed by atoms with Crippen LogP contribution < -0.4 is 11.1 Å². The number of hydrogen-bond acceptors (Lipinski definition) is 4. The first-order valence-electron chi connectivity index (χ1n) is 7.05. The minimum atomic E-state index is 0.278. The molecule has 106 valence electrons. The van der Waals surface area contributed by atoms with Crippen molar-refractivity contribution in [1.82, 2.24) is 15.3 Å². The van der Waals surface area contributed by atoms with Crippen LogP contribution in [0.15, 0.2) is 36.8 Å². The number of anilines is 1. The van der Waals surface area contributed by atoms with Crippen LogP contribution in [-0.4, -0.2) is 16.5 Å². The summed E-state index contributed by atoms with van der Waals surface area (Å²) >= 11 is 0. The van der Waals surface area contributed by atoms with E-state index in [0.29, 0.717) is 5.82 Å². The number of hydrogen-bond donors (Lipinski definition) is 2. The maximum Gasteiger partial charge on any atom is 0.123 e. The van der Waals surface area contributed by atoms with Crippen LogP contribution in [0.4, 0.5) is 5.82 Å². The number of nitrogens with two attached hydrogens (primary N) is 1. The number of nitrogens with zero attached hydrogens (tertiary/aromatic N) is 2. The van der Waals surface area contributed by atoms with Crippen LogP contribution >= 0.6 is 0 Å². The van der Waals surface area contributed by atoms with Crippen molar-refractivity contribution in [3.8, 4) is 0 Å². The highest BCUT2D eigenvalue weighted by Crippen LogP contribution is 2.21. The molecule has 0 amide bonds. The lowest BCUT2D eigenvalue weighted by Gasteiger charge is -2.21. The third-order valence-corrected chi connectivity index (χ3v) is 3.37. The molecule has 2 rings (SSSR count). The standard InChI is InChI=1S/C16H22N4/c1-3-6-19-15(14-5-7-18-11-12(14)2)9-13-4-8-20-16(17)10-13/h4-5,7-8,10-11,15,19H,3,6,9H2,1-2H3,(H2,17,20). The molecule has 0 radical (unpaired) electrons. The minimum Gasteiger partial charge on any atom is -0.384 e. The Balaban J connectivity index is 2.22. The highest BCUT2D eigenvalue weighted by Gasteiger charge is 2.14. The smallest absolute Gasteiger partial charge is 0.123 e. The number of rotatable bonds is 6. The summed E-state index contributed by atoms with van der Waals surface area (Å²) in [7, 11) is 0. The zero-order valence-corrected chi connectivity index (χ0v) is 12.1. The fraction of sp³-hybridized carbons (Fsp3) is 0.375. The van der Waals surface area contributed by atoms with Gasteiger partial charge in [-0.3, -0.25) is 4.98 Å². The molecule has 4 nitrogen and oxygen atoms in total. The molecule has 2 aromatic rings. The van der Waals surface area contributed by atoms with Gasteiger partial charge >= 0.3 is 0 Å². The van der Waals surface area contributed by atoms with Gasteiger partial charge in [-0.2, -0.15) is 0 Å². The molecular weight excluding hydrogens is 248 g/mol. The summed E-state index contributed by atoms with van der Waals surface area (Å²) in [5, 5.41) is 3.61. The monoisotopic (exact) mass is 270 g/mol. The van der Waals surface area contributed by atoms with E-state index in [-0.39, 0.29) is 6.04 Å². The summed E-state index contributed by atoms with van der Waals surface area (Å²) in [6.45, 7) is 5.27. The first-order valence-corrected chi connectivity index (χ1v) is 7.05. The SMILES string of the molecule is CCCNC(Cc1ccnc(N)c1)c1ccncc1C. The highest BCUT2D eigenvalue weighted by molar-refractivity contribution is 5.34. The summed E-state index contributed by atoms with van der Waals surface area (Å²) < 4.78 is 0. The van der Waals surface area contributed by atoms with Crippen molar-refractivity contribution in [2.75, 3.05) is 12.3 Å². The molecule has 1 atom stereocenters. The second-order valence-corrected chi connectivity index (χ2v) is 5.03. The molecule has 3 N–H and O–H groups in total. The molecule has 2 heterocycles. The van der Waals surface area contributed by atoms with Gasteiger partial charge < -0.3 is 11.1 Å². The Bertz CT molecular complexity index is 554. The van der Waals surface area contributed by atoms with E-state index in [2.05, 4.69) is 35.2 Å². The Morgan fingerprint density at radius 2 is 2.15 bits per heavy atom. The number of pyridine rings is 2. The van der Waals surface area contributed by atoms with Crippen LogP contribution in [-0.2, 0) is 6.42 Å². The number of nitrogens with one attached hydrogen (secondary N) is 1. The van der Waals surface area contributed by atoms with E-state index in [1.807, 2.05) is 24.5 Å². The Morgan fingerprint density at radius 1 is 1.30 bits per heavy atom. The van der Waals surface area contributed by atoms with Gasteiger partial charge in [-0.1, -0.05) is 6.92 Å². The van der Waals surface area contributed by atoms with Crippen LogP contribution in [0.5, 0.6) is 0 Å². The van der Waals surface area contributed by atoms with Gasteiger partial charge in [-0.15, -0.1) is 0 Å². The van der Waals surface area contributed by atoms with Gasteiger partial charge in [0.2, 0.25) is 0 Å². The van der Waals surface area contributed by atoms with E-state index in [9.17, 15) is 0 Å². The van der Waals surface area contributed by atoms with Crippen molar-refractivity contribution in [2.24, 2.45) is 0 Å². The van der Waals surface area contributed by atoms with E-state index < -0.39 is 0 Å². The number of aromatic nitrogens is 2. The molecule has 4 heteroatoms. The van der Waals surface area contributed by atoms with Crippen LogP contribution in [0.2, 0.25) is 0 Å². The minimum absolute atomic E-state index is 0.278. The quantitative estimate of drug-likeness (QED) is 0.847. The van der Waals surface area contributed by atoms with Crippen molar-refractivity contribution in [3.63, 3.8) is 0 Å². The number of nitrogen functional groups attached to an aromatic ring is 1. The lowest BCUT2D eigenvalue weighted by molar-refractivity contribution is 0.526. The third-order valence-electron chi connectivity index (χ3n) is 3.37. The van der Waals surface area contributed by atoms with Gasteiger partial charge in [0, 0.05) is 24.6 Å². The third kappa shape index (κ3) is 3.78. The summed E-state index contributed by atoms with van der Waals surface area (Å²) in [6.07, 6.45) is 7.54. The lowest BCUT2D eigenvalue weighted by Crippen LogP contribution is -2.25. The first-order chi connectivity index (χ1) is 9.70. The number of aryl methyl sites for hydroxylation is 1. The van der Waals surface area contributed by atoms with Crippen molar-refractivity contribution in [1.29, 1.82) is 0 Å². The van der Waals surface area contributed by atoms with E-state index in [0.717, 1.165) is 19.4 Å². The molecule has 0 bridgehead atoms. The molecule has 0 saturated carbocycles. The normalized spacial score (nSPS) is 12.3. The van der Waals surface area contributed by atoms with E-state index in [4.69, 9.17) is 5.73 Å². The van der Waals surface area contributed by atoms with E-state index in [1.165, 1.54) is 16.7 Å². The summed E-state index contributed by atoms with van der Waals surface area (Å²) in [5.41, 5.74) is 9.46. The predicted octanol–water partition coefficient (Wildman–Crippen LogP) is 2.65. The van der Waals surface area contributed by atoms with Crippen LogP contribution in [0.25, 0.3) is 0 Å². The molecule has 0 spiro atoms. The molecule has 0 aliphatic carbocycles. The Hall–Kier alpha value is -1.94. The second-order valence-electron chi connectivity index (χ2n) is 5.03. The molecule has 0 fully saturated rings. The van der Waals surface area contributed by atoms with Crippen LogP contribution in [0, 0.1) is 6.92 Å².